The number of anilines is 2. The van der Waals surface area contributed by atoms with Gasteiger partial charge in [0.1, 0.15) is 11.5 Å². The maximum atomic E-state index is 12.8. The number of amides is 2. The van der Waals surface area contributed by atoms with Gasteiger partial charge < -0.3 is 38.8 Å². The molecule has 11 heteroatoms. The number of hydrogen-bond acceptors (Lipinski definition) is 9. The molecule has 1 aromatic heterocycles. The summed E-state index contributed by atoms with van der Waals surface area (Å²) in [5, 5.41) is 11.8. The van der Waals surface area contributed by atoms with Crippen LogP contribution in [-0.2, 0) is 0 Å². The van der Waals surface area contributed by atoms with Crippen LogP contribution in [0, 0.1) is 0 Å². The second kappa shape index (κ2) is 11.5. The van der Waals surface area contributed by atoms with Gasteiger partial charge in [-0.05, 0) is 36.4 Å². The lowest BCUT2D eigenvalue weighted by Gasteiger charge is -2.35. The third-order valence-corrected chi connectivity index (χ3v) is 6.15. The van der Waals surface area contributed by atoms with E-state index < -0.39 is 0 Å². The Bertz CT molecular complexity index is 1200. The van der Waals surface area contributed by atoms with Crippen molar-refractivity contribution < 1.29 is 28.5 Å². The number of urea groups is 1. The average molecular weight is 510 g/mol. The van der Waals surface area contributed by atoms with E-state index in [2.05, 4.69) is 20.4 Å². The second-order valence-electron chi connectivity index (χ2n) is 8.16. The zero-order valence-corrected chi connectivity index (χ0v) is 21.6. The number of carbonyl (C=O) groups excluding carboxylic acids is 1. The minimum Gasteiger partial charge on any atom is -0.497 e. The standard InChI is InChI=1S/C26H31N5O6/c1-33-18-6-7-20(21(16-18)34-2)27-26(32)31-12-10-30(11-13-31)24-9-8-19(28-29-24)17-14-22(35-3)25(37-5)23(15-17)36-4/h6-9,14-16H,10-13H2,1-5H3,(H,27,32). The number of hydrogen-bond donors (Lipinski definition) is 1. The maximum absolute atomic E-state index is 12.8. The molecule has 1 saturated heterocycles. The molecule has 1 aliphatic rings. The highest BCUT2D eigenvalue weighted by Gasteiger charge is 2.23. The van der Waals surface area contributed by atoms with Crippen LogP contribution in [0.2, 0.25) is 0 Å². The highest BCUT2D eigenvalue weighted by atomic mass is 16.5. The summed E-state index contributed by atoms with van der Waals surface area (Å²) in [4.78, 5) is 16.7. The van der Waals surface area contributed by atoms with Crippen LogP contribution < -0.4 is 33.9 Å². The zero-order chi connectivity index (χ0) is 26.4. The highest BCUT2D eigenvalue weighted by molar-refractivity contribution is 5.91. The summed E-state index contributed by atoms with van der Waals surface area (Å²) in [5.74, 6) is 3.54. The quantitative estimate of drug-likeness (QED) is 0.488. The summed E-state index contributed by atoms with van der Waals surface area (Å²) in [6.45, 7) is 2.35. The van der Waals surface area contributed by atoms with Gasteiger partial charge in [-0.1, -0.05) is 0 Å². The first-order chi connectivity index (χ1) is 18.0. The molecule has 2 amide bonds. The summed E-state index contributed by atoms with van der Waals surface area (Å²) in [5.41, 5.74) is 2.06. The van der Waals surface area contributed by atoms with Gasteiger partial charge in [-0.15, -0.1) is 10.2 Å². The molecule has 0 aliphatic carbocycles. The molecule has 2 aromatic carbocycles. The van der Waals surface area contributed by atoms with Gasteiger partial charge in [-0.2, -0.15) is 0 Å². The highest BCUT2D eigenvalue weighted by Crippen LogP contribution is 2.40. The number of benzene rings is 2. The van der Waals surface area contributed by atoms with Gasteiger partial charge in [-0.25, -0.2) is 4.79 Å². The van der Waals surface area contributed by atoms with E-state index in [0.29, 0.717) is 66.3 Å². The van der Waals surface area contributed by atoms with Crippen molar-refractivity contribution in [3.05, 3.63) is 42.5 Å². The van der Waals surface area contributed by atoms with Crippen molar-refractivity contribution in [1.29, 1.82) is 0 Å². The van der Waals surface area contributed by atoms with Crippen molar-refractivity contribution in [3.63, 3.8) is 0 Å². The van der Waals surface area contributed by atoms with Gasteiger partial charge in [0.15, 0.2) is 17.3 Å². The number of methoxy groups -OCH3 is 5. The first-order valence-electron chi connectivity index (χ1n) is 11.7. The average Bonchev–Trinajstić information content (AvgIpc) is 2.96. The lowest BCUT2D eigenvalue weighted by molar-refractivity contribution is 0.208. The van der Waals surface area contributed by atoms with Crippen LogP contribution in [0.5, 0.6) is 28.7 Å². The molecule has 11 nitrogen and oxygen atoms in total. The normalized spacial score (nSPS) is 13.1. The van der Waals surface area contributed by atoms with Crippen molar-refractivity contribution >= 4 is 17.5 Å². The summed E-state index contributed by atoms with van der Waals surface area (Å²) < 4.78 is 26.9. The van der Waals surface area contributed by atoms with E-state index in [-0.39, 0.29) is 6.03 Å². The molecule has 0 unspecified atom stereocenters. The SMILES string of the molecule is COc1ccc(NC(=O)N2CCN(c3ccc(-c4cc(OC)c(OC)c(OC)c4)nn3)CC2)c(OC)c1. The van der Waals surface area contributed by atoms with Gasteiger partial charge in [0.25, 0.3) is 0 Å². The Kier molecular flexibility index (Phi) is 8.02. The summed E-state index contributed by atoms with van der Waals surface area (Å²) in [6.07, 6.45) is 0. The zero-order valence-electron chi connectivity index (χ0n) is 21.6. The van der Waals surface area contributed by atoms with Gasteiger partial charge in [0, 0.05) is 37.8 Å². The Morgan fingerprint density at radius 3 is 1.97 bits per heavy atom. The van der Waals surface area contributed by atoms with Gasteiger partial charge in [0.2, 0.25) is 5.75 Å². The summed E-state index contributed by atoms with van der Waals surface area (Å²) in [7, 11) is 7.84. The van der Waals surface area contributed by atoms with Crippen molar-refractivity contribution in [3.8, 4) is 40.0 Å². The lowest BCUT2D eigenvalue weighted by Crippen LogP contribution is -2.50. The van der Waals surface area contributed by atoms with E-state index in [1.165, 1.54) is 0 Å². The van der Waals surface area contributed by atoms with Crippen LogP contribution in [0.15, 0.2) is 42.5 Å². The fourth-order valence-corrected chi connectivity index (χ4v) is 4.11. The lowest BCUT2D eigenvalue weighted by atomic mass is 10.1. The van der Waals surface area contributed by atoms with Crippen molar-refractivity contribution in [2.75, 3.05) is 71.9 Å². The molecule has 4 rings (SSSR count). The molecule has 3 aromatic rings. The van der Waals surface area contributed by atoms with Gasteiger partial charge >= 0.3 is 6.03 Å². The molecule has 0 spiro atoms. The first kappa shape index (κ1) is 25.7. The Labute approximate surface area is 215 Å². The van der Waals surface area contributed by atoms with Crippen molar-refractivity contribution in [1.82, 2.24) is 15.1 Å². The first-order valence-corrected chi connectivity index (χ1v) is 11.7. The van der Waals surface area contributed by atoms with E-state index in [0.717, 1.165) is 11.4 Å². The van der Waals surface area contributed by atoms with E-state index in [1.54, 1.807) is 58.6 Å². The molecule has 1 N–H and O–H groups in total. The number of ether oxygens (including phenoxy) is 5. The van der Waals surface area contributed by atoms with Crippen molar-refractivity contribution in [2.45, 2.75) is 0 Å². The predicted octanol–water partition coefficient (Wildman–Crippen LogP) is 3.54. The van der Waals surface area contributed by atoms with Crippen molar-refractivity contribution in [2.24, 2.45) is 0 Å². The van der Waals surface area contributed by atoms with E-state index >= 15 is 0 Å². The van der Waals surface area contributed by atoms with Crippen LogP contribution in [0.1, 0.15) is 0 Å². The topological polar surface area (TPSA) is 108 Å². The molecule has 0 bridgehead atoms. The number of carbonyl (C=O) groups is 1. The number of piperazine rings is 1. The van der Waals surface area contributed by atoms with E-state index in [9.17, 15) is 4.79 Å². The van der Waals surface area contributed by atoms with Gasteiger partial charge in [-0.3, -0.25) is 0 Å². The molecule has 0 saturated carbocycles. The summed E-state index contributed by atoms with van der Waals surface area (Å²) >= 11 is 0. The Morgan fingerprint density at radius 2 is 1.43 bits per heavy atom. The Morgan fingerprint density at radius 1 is 0.757 bits per heavy atom. The van der Waals surface area contributed by atoms with Crippen LogP contribution >= 0.6 is 0 Å². The fourth-order valence-electron chi connectivity index (χ4n) is 4.11. The number of aromatic nitrogens is 2. The van der Waals surface area contributed by atoms with Crippen LogP contribution in [-0.4, -0.2) is 82.9 Å². The van der Waals surface area contributed by atoms with E-state index in [1.807, 2.05) is 24.3 Å². The molecule has 37 heavy (non-hydrogen) atoms. The molecule has 2 heterocycles. The predicted molar refractivity (Wildman–Crippen MR) is 139 cm³/mol. The van der Waals surface area contributed by atoms with E-state index in [4.69, 9.17) is 23.7 Å². The van der Waals surface area contributed by atoms with Crippen LogP contribution in [0.25, 0.3) is 11.3 Å². The summed E-state index contributed by atoms with van der Waals surface area (Å²) in [6, 6.07) is 12.6. The molecular formula is C26H31N5O6. The molecule has 196 valence electrons. The number of nitrogens with zero attached hydrogens (tertiary/aromatic N) is 4. The minimum absolute atomic E-state index is 0.188. The smallest absolute Gasteiger partial charge is 0.322 e. The molecule has 1 aliphatic heterocycles. The molecule has 0 radical (unpaired) electrons. The molecular weight excluding hydrogens is 478 g/mol. The molecule has 0 atom stereocenters. The third-order valence-electron chi connectivity index (χ3n) is 6.15. The fraction of sp³-hybridized carbons (Fsp3) is 0.346. The monoisotopic (exact) mass is 509 g/mol. The second-order valence-corrected chi connectivity index (χ2v) is 8.16. The van der Waals surface area contributed by atoms with Crippen LogP contribution in [0.4, 0.5) is 16.3 Å². The minimum atomic E-state index is -0.188. The van der Waals surface area contributed by atoms with Crippen LogP contribution in [0.3, 0.4) is 0 Å². The maximum Gasteiger partial charge on any atom is 0.322 e. The third kappa shape index (κ3) is 5.55. The number of nitrogens with one attached hydrogen (secondary N) is 1. The Hall–Kier alpha value is -4.41. The molecule has 1 fully saturated rings. The Balaban J connectivity index is 1.39. The largest absolute Gasteiger partial charge is 0.497 e. The van der Waals surface area contributed by atoms with Gasteiger partial charge in [0.05, 0.1) is 46.9 Å². The number of rotatable bonds is 8.